The first-order chi connectivity index (χ1) is 9.42. The molecule has 19 heavy (non-hydrogen) atoms. The molecule has 0 saturated heterocycles. The van der Waals surface area contributed by atoms with Gasteiger partial charge in [-0.3, -0.25) is 4.98 Å². The van der Waals surface area contributed by atoms with Gasteiger partial charge in [-0.25, -0.2) is 0 Å². The molecule has 0 bridgehead atoms. The summed E-state index contributed by atoms with van der Waals surface area (Å²) in [6.45, 7) is 2.27. The van der Waals surface area contributed by atoms with Crippen molar-refractivity contribution in [2.45, 2.75) is 58.3 Å². The quantitative estimate of drug-likeness (QED) is 0.565. The molecule has 1 aromatic carbocycles. The first kappa shape index (κ1) is 14.0. The Morgan fingerprint density at radius 1 is 0.895 bits per heavy atom. The maximum absolute atomic E-state index is 4.25. The number of benzene rings is 1. The number of fused-ring (bicyclic) bond motifs is 1. The molecular weight excluding hydrogens is 230 g/mol. The summed E-state index contributed by atoms with van der Waals surface area (Å²) in [4.78, 5) is 4.25. The second-order valence-electron chi connectivity index (χ2n) is 5.39. The van der Waals surface area contributed by atoms with Crippen molar-refractivity contribution >= 4 is 10.8 Å². The van der Waals surface area contributed by atoms with Gasteiger partial charge in [-0.05, 0) is 29.9 Å². The number of hydrogen-bond acceptors (Lipinski definition) is 1. The zero-order valence-electron chi connectivity index (χ0n) is 12.1. The van der Waals surface area contributed by atoms with Crippen LogP contribution in [0.15, 0.2) is 36.7 Å². The molecule has 1 heterocycles. The Morgan fingerprint density at radius 3 is 2.53 bits per heavy atom. The molecule has 0 unspecified atom stereocenters. The van der Waals surface area contributed by atoms with E-state index in [0.29, 0.717) is 0 Å². The molecule has 0 spiro atoms. The topological polar surface area (TPSA) is 12.9 Å². The van der Waals surface area contributed by atoms with Gasteiger partial charge in [-0.15, -0.1) is 0 Å². The molecule has 0 fully saturated rings. The number of aryl methyl sites for hydroxylation is 1. The molecule has 0 aliphatic rings. The van der Waals surface area contributed by atoms with Crippen LogP contribution >= 0.6 is 0 Å². The molecule has 2 aromatic rings. The van der Waals surface area contributed by atoms with E-state index in [1.165, 1.54) is 67.7 Å². The molecule has 102 valence electrons. The van der Waals surface area contributed by atoms with Crippen LogP contribution in [-0.4, -0.2) is 4.98 Å². The Bertz CT molecular complexity index is 485. The van der Waals surface area contributed by atoms with Crippen LogP contribution in [0.4, 0.5) is 0 Å². The van der Waals surface area contributed by atoms with Crippen molar-refractivity contribution in [2.75, 3.05) is 0 Å². The number of aromatic nitrogens is 1. The molecule has 0 radical (unpaired) electrons. The fourth-order valence-electron chi connectivity index (χ4n) is 2.67. The lowest BCUT2D eigenvalue weighted by atomic mass is 10.0. The van der Waals surface area contributed by atoms with E-state index in [1.54, 1.807) is 0 Å². The van der Waals surface area contributed by atoms with Crippen LogP contribution in [0.1, 0.15) is 57.4 Å². The molecule has 0 aliphatic heterocycles. The Kier molecular flexibility index (Phi) is 5.87. The van der Waals surface area contributed by atoms with Gasteiger partial charge in [0.15, 0.2) is 0 Å². The summed E-state index contributed by atoms with van der Waals surface area (Å²) in [5.74, 6) is 0. The number of unbranched alkanes of at least 4 members (excludes halogenated alkanes) is 6. The SMILES string of the molecule is CCCCCCCCCc1cccc2ccncc12. The Balaban J connectivity index is 1.78. The first-order valence-electron chi connectivity index (χ1n) is 7.73. The predicted molar refractivity (Wildman–Crippen MR) is 83.4 cm³/mol. The van der Waals surface area contributed by atoms with Crippen molar-refractivity contribution in [1.29, 1.82) is 0 Å². The van der Waals surface area contributed by atoms with Gasteiger partial charge in [-0.1, -0.05) is 63.6 Å². The number of pyridine rings is 1. The van der Waals surface area contributed by atoms with Gasteiger partial charge in [0.1, 0.15) is 0 Å². The van der Waals surface area contributed by atoms with Gasteiger partial charge in [0.2, 0.25) is 0 Å². The minimum atomic E-state index is 1.19. The summed E-state index contributed by atoms with van der Waals surface area (Å²) in [6.07, 6.45) is 14.7. The largest absolute Gasteiger partial charge is 0.264 e. The average Bonchev–Trinajstić information content (AvgIpc) is 2.46. The maximum atomic E-state index is 4.25. The molecule has 1 heteroatoms. The van der Waals surface area contributed by atoms with E-state index in [2.05, 4.69) is 36.2 Å². The smallest absolute Gasteiger partial charge is 0.0349 e. The van der Waals surface area contributed by atoms with Crippen molar-refractivity contribution in [1.82, 2.24) is 4.98 Å². The van der Waals surface area contributed by atoms with Crippen LogP contribution < -0.4 is 0 Å². The van der Waals surface area contributed by atoms with Gasteiger partial charge < -0.3 is 0 Å². The molecule has 1 aromatic heterocycles. The monoisotopic (exact) mass is 255 g/mol. The van der Waals surface area contributed by atoms with E-state index < -0.39 is 0 Å². The normalized spacial score (nSPS) is 11.0. The van der Waals surface area contributed by atoms with E-state index in [4.69, 9.17) is 0 Å². The summed E-state index contributed by atoms with van der Waals surface area (Å²) in [5, 5.41) is 2.64. The highest BCUT2D eigenvalue weighted by Gasteiger charge is 2.00. The van der Waals surface area contributed by atoms with E-state index in [-0.39, 0.29) is 0 Å². The highest BCUT2D eigenvalue weighted by atomic mass is 14.6. The molecule has 0 atom stereocenters. The molecule has 0 aliphatic carbocycles. The molecule has 0 amide bonds. The number of hydrogen-bond donors (Lipinski definition) is 0. The fourth-order valence-corrected chi connectivity index (χ4v) is 2.67. The molecule has 2 rings (SSSR count). The Hall–Kier alpha value is -1.37. The molecule has 0 N–H and O–H groups in total. The van der Waals surface area contributed by atoms with Crippen molar-refractivity contribution in [3.8, 4) is 0 Å². The third-order valence-electron chi connectivity index (χ3n) is 3.82. The third kappa shape index (κ3) is 4.34. The summed E-state index contributed by atoms with van der Waals surface area (Å²) in [5.41, 5.74) is 1.46. The van der Waals surface area contributed by atoms with Crippen molar-refractivity contribution in [2.24, 2.45) is 0 Å². The average molecular weight is 255 g/mol. The summed E-state index contributed by atoms with van der Waals surface area (Å²) in [6, 6.07) is 8.69. The van der Waals surface area contributed by atoms with Crippen LogP contribution in [-0.2, 0) is 6.42 Å². The number of rotatable bonds is 8. The van der Waals surface area contributed by atoms with Gasteiger partial charge in [0.05, 0.1) is 0 Å². The standard InChI is InChI=1S/C18H25N/c1-2-3-4-5-6-7-8-10-16-11-9-12-17-13-14-19-15-18(16)17/h9,11-15H,2-8,10H2,1H3. The first-order valence-corrected chi connectivity index (χ1v) is 7.73. The predicted octanol–water partition coefficient (Wildman–Crippen LogP) is 5.53. The van der Waals surface area contributed by atoms with Gasteiger partial charge >= 0.3 is 0 Å². The van der Waals surface area contributed by atoms with Crippen molar-refractivity contribution in [3.63, 3.8) is 0 Å². The lowest BCUT2D eigenvalue weighted by Crippen LogP contribution is -1.89. The van der Waals surface area contributed by atoms with Crippen LogP contribution in [0.3, 0.4) is 0 Å². The molecule has 0 saturated carbocycles. The van der Waals surface area contributed by atoms with Crippen molar-refractivity contribution < 1.29 is 0 Å². The second-order valence-corrected chi connectivity index (χ2v) is 5.39. The van der Waals surface area contributed by atoms with Crippen LogP contribution in [0.25, 0.3) is 10.8 Å². The summed E-state index contributed by atoms with van der Waals surface area (Å²) in [7, 11) is 0. The van der Waals surface area contributed by atoms with Crippen LogP contribution in [0, 0.1) is 0 Å². The van der Waals surface area contributed by atoms with E-state index in [9.17, 15) is 0 Å². The third-order valence-corrected chi connectivity index (χ3v) is 3.82. The van der Waals surface area contributed by atoms with Crippen molar-refractivity contribution in [3.05, 3.63) is 42.2 Å². The van der Waals surface area contributed by atoms with Gasteiger partial charge in [-0.2, -0.15) is 0 Å². The lowest BCUT2D eigenvalue weighted by molar-refractivity contribution is 0.590. The fraction of sp³-hybridized carbons (Fsp3) is 0.500. The second kappa shape index (κ2) is 7.93. The van der Waals surface area contributed by atoms with Crippen LogP contribution in [0.2, 0.25) is 0 Å². The number of nitrogens with zero attached hydrogens (tertiary/aromatic N) is 1. The molecular formula is C18H25N. The lowest BCUT2D eigenvalue weighted by Gasteiger charge is -2.06. The van der Waals surface area contributed by atoms with E-state index in [0.717, 1.165) is 0 Å². The molecule has 1 nitrogen and oxygen atoms in total. The zero-order chi connectivity index (χ0) is 13.3. The minimum absolute atomic E-state index is 1.19. The van der Waals surface area contributed by atoms with E-state index in [1.807, 2.05) is 12.4 Å². The minimum Gasteiger partial charge on any atom is -0.264 e. The Labute approximate surface area is 117 Å². The van der Waals surface area contributed by atoms with Gasteiger partial charge in [0.25, 0.3) is 0 Å². The van der Waals surface area contributed by atoms with E-state index >= 15 is 0 Å². The summed E-state index contributed by atoms with van der Waals surface area (Å²) < 4.78 is 0. The van der Waals surface area contributed by atoms with Crippen LogP contribution in [0.5, 0.6) is 0 Å². The maximum Gasteiger partial charge on any atom is 0.0349 e. The summed E-state index contributed by atoms with van der Waals surface area (Å²) >= 11 is 0. The highest BCUT2D eigenvalue weighted by Crippen LogP contribution is 2.19. The highest BCUT2D eigenvalue weighted by molar-refractivity contribution is 5.84. The zero-order valence-corrected chi connectivity index (χ0v) is 12.1. The Morgan fingerprint density at radius 2 is 1.68 bits per heavy atom. The van der Waals surface area contributed by atoms with Gasteiger partial charge in [0, 0.05) is 17.8 Å².